The first-order chi connectivity index (χ1) is 12.1. The highest BCUT2D eigenvalue weighted by Crippen LogP contribution is 2.38. The van der Waals surface area contributed by atoms with Crippen molar-refractivity contribution in [3.63, 3.8) is 0 Å². The molecule has 0 saturated heterocycles. The van der Waals surface area contributed by atoms with Crippen LogP contribution in [0.3, 0.4) is 0 Å². The van der Waals surface area contributed by atoms with Crippen LogP contribution in [-0.4, -0.2) is 34.7 Å². The van der Waals surface area contributed by atoms with Gasteiger partial charge in [-0.1, -0.05) is 12.1 Å². The molecule has 6 heteroatoms. The van der Waals surface area contributed by atoms with E-state index in [0.29, 0.717) is 18.8 Å². The number of carbonyl (C=O) groups excluding carboxylic acids is 2. The Labute approximate surface area is 147 Å². The quantitative estimate of drug-likeness (QED) is 0.845. The second-order valence-electron chi connectivity index (χ2n) is 6.86. The first kappa shape index (κ1) is 15.9. The van der Waals surface area contributed by atoms with Crippen LogP contribution in [0.5, 0.6) is 0 Å². The van der Waals surface area contributed by atoms with Gasteiger partial charge < -0.3 is 9.80 Å². The van der Waals surface area contributed by atoms with Gasteiger partial charge in [0.2, 0.25) is 5.91 Å². The number of aryl methyl sites for hydroxylation is 2. The molecule has 2 amide bonds. The van der Waals surface area contributed by atoms with Gasteiger partial charge in [0.25, 0.3) is 5.91 Å². The van der Waals surface area contributed by atoms with Crippen LogP contribution in [-0.2, 0) is 11.8 Å². The van der Waals surface area contributed by atoms with Gasteiger partial charge in [0.15, 0.2) is 5.69 Å². The summed E-state index contributed by atoms with van der Waals surface area (Å²) in [6.45, 7) is 3.16. The van der Waals surface area contributed by atoms with Crippen LogP contribution >= 0.6 is 0 Å². The lowest BCUT2D eigenvalue weighted by Gasteiger charge is -2.25. The Hall–Kier alpha value is -2.63. The highest BCUT2D eigenvalue weighted by atomic mass is 16.2. The first-order valence-corrected chi connectivity index (χ1v) is 8.79. The van der Waals surface area contributed by atoms with E-state index in [4.69, 9.17) is 0 Å². The lowest BCUT2D eigenvalue weighted by molar-refractivity contribution is -0.119. The van der Waals surface area contributed by atoms with Gasteiger partial charge in [-0.2, -0.15) is 5.10 Å². The van der Waals surface area contributed by atoms with E-state index in [2.05, 4.69) is 5.10 Å². The number of hydrogen-bond acceptors (Lipinski definition) is 3. The monoisotopic (exact) mass is 338 g/mol. The Kier molecular flexibility index (Phi) is 3.82. The summed E-state index contributed by atoms with van der Waals surface area (Å²) < 4.78 is 1.71. The van der Waals surface area contributed by atoms with E-state index in [0.717, 1.165) is 36.3 Å². The summed E-state index contributed by atoms with van der Waals surface area (Å²) in [5, 5.41) is 4.33. The second kappa shape index (κ2) is 6.02. The van der Waals surface area contributed by atoms with Crippen LogP contribution in [0.4, 0.5) is 11.4 Å². The second-order valence-corrected chi connectivity index (χ2v) is 6.86. The van der Waals surface area contributed by atoms with Gasteiger partial charge >= 0.3 is 0 Å². The minimum Gasteiger partial charge on any atom is -0.310 e. The molecule has 1 aliphatic heterocycles. The van der Waals surface area contributed by atoms with Gasteiger partial charge in [0, 0.05) is 31.7 Å². The maximum atomic E-state index is 13.1. The number of carbonyl (C=O) groups is 2. The molecule has 6 nitrogen and oxygen atoms in total. The zero-order valence-electron chi connectivity index (χ0n) is 14.6. The predicted molar refractivity (Wildman–Crippen MR) is 95.8 cm³/mol. The number of amides is 2. The summed E-state index contributed by atoms with van der Waals surface area (Å²) in [5.41, 5.74) is 3.01. The van der Waals surface area contributed by atoms with Crippen LogP contribution in [0.15, 0.2) is 30.3 Å². The molecule has 4 rings (SSSR count). The van der Waals surface area contributed by atoms with Crippen molar-refractivity contribution < 1.29 is 9.59 Å². The molecule has 2 aromatic rings. The molecule has 2 heterocycles. The summed E-state index contributed by atoms with van der Waals surface area (Å²) >= 11 is 0. The molecule has 130 valence electrons. The van der Waals surface area contributed by atoms with E-state index in [9.17, 15) is 9.59 Å². The third kappa shape index (κ3) is 2.81. The molecule has 1 saturated carbocycles. The van der Waals surface area contributed by atoms with Crippen molar-refractivity contribution in [2.24, 2.45) is 13.0 Å². The standard InChI is InChI=1S/C19H22N4O2/c1-13-12-15(20-21(13)2)19(25)23-11-5-10-22(18(24)14-8-9-14)16-6-3-4-7-17(16)23/h3-4,6-7,12,14H,5,8-11H2,1-2H3. The van der Waals surface area contributed by atoms with Gasteiger partial charge in [0.05, 0.1) is 11.4 Å². The molecular formula is C19H22N4O2. The van der Waals surface area contributed by atoms with E-state index in [-0.39, 0.29) is 17.7 Å². The van der Waals surface area contributed by atoms with Crippen molar-refractivity contribution in [3.8, 4) is 0 Å². The third-order valence-corrected chi connectivity index (χ3v) is 5.00. The van der Waals surface area contributed by atoms with E-state index in [1.165, 1.54) is 0 Å². The molecule has 0 unspecified atom stereocenters. The average Bonchev–Trinajstić information content (AvgIpc) is 3.42. The van der Waals surface area contributed by atoms with E-state index < -0.39 is 0 Å². The molecule has 25 heavy (non-hydrogen) atoms. The Morgan fingerprint density at radius 2 is 1.72 bits per heavy atom. The largest absolute Gasteiger partial charge is 0.310 e. The molecular weight excluding hydrogens is 316 g/mol. The topological polar surface area (TPSA) is 58.4 Å². The molecule has 0 spiro atoms. The average molecular weight is 338 g/mol. The SMILES string of the molecule is Cc1cc(C(=O)N2CCCN(C(=O)C3CC3)c3ccccc32)nn1C. The van der Waals surface area contributed by atoms with Crippen LogP contribution in [0.2, 0.25) is 0 Å². The van der Waals surface area contributed by atoms with Gasteiger partial charge in [-0.3, -0.25) is 14.3 Å². The number of fused-ring (bicyclic) bond motifs is 1. The summed E-state index contributed by atoms with van der Waals surface area (Å²) in [7, 11) is 1.83. The fraction of sp³-hybridized carbons (Fsp3) is 0.421. The number of aromatic nitrogens is 2. The molecule has 1 aromatic heterocycles. The van der Waals surface area contributed by atoms with Crippen molar-refractivity contribution in [2.75, 3.05) is 22.9 Å². The van der Waals surface area contributed by atoms with E-state index in [1.807, 2.05) is 49.2 Å². The number of hydrogen-bond donors (Lipinski definition) is 0. The van der Waals surface area contributed by atoms with Crippen molar-refractivity contribution in [1.82, 2.24) is 9.78 Å². The Morgan fingerprint density at radius 3 is 2.32 bits per heavy atom. The Morgan fingerprint density at radius 1 is 1.08 bits per heavy atom. The highest BCUT2D eigenvalue weighted by Gasteiger charge is 2.36. The summed E-state index contributed by atoms with van der Waals surface area (Å²) in [6, 6.07) is 9.49. The summed E-state index contributed by atoms with van der Waals surface area (Å²) in [4.78, 5) is 29.4. The smallest absolute Gasteiger partial charge is 0.278 e. The van der Waals surface area contributed by atoms with Crippen molar-refractivity contribution in [2.45, 2.75) is 26.2 Å². The minimum absolute atomic E-state index is 0.114. The first-order valence-electron chi connectivity index (χ1n) is 8.79. The lowest BCUT2D eigenvalue weighted by Crippen LogP contribution is -2.32. The molecule has 1 aliphatic carbocycles. The zero-order chi connectivity index (χ0) is 17.6. The highest BCUT2D eigenvalue weighted by molar-refractivity contribution is 6.09. The van der Waals surface area contributed by atoms with Crippen molar-refractivity contribution in [1.29, 1.82) is 0 Å². The fourth-order valence-corrected chi connectivity index (χ4v) is 3.34. The number of benzene rings is 1. The van der Waals surface area contributed by atoms with Gasteiger partial charge in [-0.15, -0.1) is 0 Å². The lowest BCUT2D eigenvalue weighted by atomic mass is 10.2. The van der Waals surface area contributed by atoms with Crippen LogP contribution in [0.25, 0.3) is 0 Å². The molecule has 0 N–H and O–H groups in total. The molecule has 1 aromatic carbocycles. The molecule has 2 aliphatic rings. The van der Waals surface area contributed by atoms with Gasteiger partial charge in [-0.25, -0.2) is 0 Å². The number of nitrogens with zero attached hydrogens (tertiary/aromatic N) is 4. The van der Waals surface area contributed by atoms with Crippen molar-refractivity contribution in [3.05, 3.63) is 41.7 Å². The van der Waals surface area contributed by atoms with Gasteiger partial charge in [-0.05, 0) is 44.4 Å². The van der Waals surface area contributed by atoms with Crippen LogP contribution in [0.1, 0.15) is 35.4 Å². The third-order valence-electron chi connectivity index (χ3n) is 5.00. The van der Waals surface area contributed by atoms with Crippen molar-refractivity contribution >= 4 is 23.2 Å². The van der Waals surface area contributed by atoms with Crippen LogP contribution < -0.4 is 9.80 Å². The van der Waals surface area contributed by atoms with E-state index in [1.54, 1.807) is 9.58 Å². The van der Waals surface area contributed by atoms with E-state index >= 15 is 0 Å². The molecule has 0 bridgehead atoms. The zero-order valence-corrected chi connectivity index (χ0v) is 14.6. The normalized spacial score (nSPS) is 17.2. The van der Waals surface area contributed by atoms with Gasteiger partial charge in [0.1, 0.15) is 0 Å². The maximum absolute atomic E-state index is 13.1. The molecule has 0 radical (unpaired) electrons. The molecule has 1 fully saturated rings. The maximum Gasteiger partial charge on any atom is 0.278 e. The number of anilines is 2. The number of rotatable bonds is 2. The summed E-state index contributed by atoms with van der Waals surface area (Å²) in [5.74, 6) is 0.237. The predicted octanol–water partition coefficient (Wildman–Crippen LogP) is 2.52. The molecule has 0 atom stereocenters. The fourth-order valence-electron chi connectivity index (χ4n) is 3.34. The Balaban J connectivity index is 1.71. The minimum atomic E-state index is -0.114. The Bertz CT molecular complexity index is 818. The van der Waals surface area contributed by atoms with Crippen LogP contribution in [0, 0.1) is 12.8 Å². The summed E-state index contributed by atoms with van der Waals surface area (Å²) in [6.07, 6.45) is 2.71. The number of para-hydroxylation sites is 2.